The Balaban J connectivity index is 0.00000338. The molecule has 2 aromatic rings. The van der Waals surface area contributed by atoms with E-state index in [9.17, 15) is 0 Å². The van der Waals surface area contributed by atoms with Crippen LogP contribution in [0.25, 0.3) is 0 Å². The van der Waals surface area contributed by atoms with Crippen LogP contribution in [0.1, 0.15) is 12.0 Å². The third-order valence-electron chi connectivity index (χ3n) is 4.02. The van der Waals surface area contributed by atoms with Crippen LogP contribution in [0.2, 0.25) is 0 Å². The van der Waals surface area contributed by atoms with E-state index in [2.05, 4.69) is 51.8 Å². The average Bonchev–Trinajstić information content (AvgIpc) is 2.68. The second-order valence-electron chi connectivity index (χ2n) is 5.78. The smallest absolute Gasteiger partial charge is 0.191 e. The van der Waals surface area contributed by atoms with Crippen molar-refractivity contribution in [3.05, 3.63) is 60.2 Å². The summed E-state index contributed by atoms with van der Waals surface area (Å²) in [6, 6.07) is 18.4. The lowest BCUT2D eigenvalue weighted by Gasteiger charge is -2.19. The third-order valence-corrected chi connectivity index (χ3v) is 4.02. The Hall–Kier alpha value is -1.96. The topological polar surface area (TPSA) is 48.9 Å². The standard InChI is InChI=1S/C20H28N4O.HI/c1-21-20(23-16-17-10-7-8-13-19(17)25-3)22-14-9-15-24(2)18-11-5-4-6-12-18;/h4-8,10-13H,9,14-16H2,1-3H3,(H2,21,22,23);1H. The first-order valence-corrected chi connectivity index (χ1v) is 8.57. The zero-order valence-corrected chi connectivity index (χ0v) is 18.1. The van der Waals surface area contributed by atoms with Crippen LogP contribution in [0, 0.1) is 0 Å². The van der Waals surface area contributed by atoms with Crippen molar-refractivity contribution < 1.29 is 4.74 Å². The van der Waals surface area contributed by atoms with E-state index in [1.54, 1.807) is 14.2 Å². The van der Waals surface area contributed by atoms with E-state index < -0.39 is 0 Å². The highest BCUT2D eigenvalue weighted by Gasteiger charge is 2.04. The second-order valence-corrected chi connectivity index (χ2v) is 5.78. The number of guanidine groups is 1. The molecule has 0 aliphatic rings. The highest BCUT2D eigenvalue weighted by atomic mass is 127. The third kappa shape index (κ3) is 7.11. The van der Waals surface area contributed by atoms with Crippen molar-refractivity contribution in [2.75, 3.05) is 39.2 Å². The fraction of sp³-hybridized carbons (Fsp3) is 0.350. The molecular weight excluding hydrogens is 439 g/mol. The molecule has 5 nitrogen and oxygen atoms in total. The summed E-state index contributed by atoms with van der Waals surface area (Å²) >= 11 is 0. The molecule has 0 fully saturated rings. The Kier molecular flexibility index (Phi) is 10.5. The number of methoxy groups -OCH3 is 1. The minimum Gasteiger partial charge on any atom is -0.496 e. The molecule has 26 heavy (non-hydrogen) atoms. The summed E-state index contributed by atoms with van der Waals surface area (Å²) < 4.78 is 5.37. The summed E-state index contributed by atoms with van der Waals surface area (Å²) in [5.41, 5.74) is 2.35. The lowest BCUT2D eigenvalue weighted by atomic mass is 10.2. The number of ether oxygens (including phenoxy) is 1. The van der Waals surface area contributed by atoms with Crippen molar-refractivity contribution in [2.45, 2.75) is 13.0 Å². The van der Waals surface area contributed by atoms with Crippen LogP contribution in [0.5, 0.6) is 5.75 Å². The molecular formula is C20H29IN4O. The van der Waals surface area contributed by atoms with Gasteiger partial charge in [0.1, 0.15) is 5.75 Å². The van der Waals surface area contributed by atoms with Crippen molar-refractivity contribution in [2.24, 2.45) is 4.99 Å². The highest BCUT2D eigenvalue weighted by Crippen LogP contribution is 2.16. The minimum absolute atomic E-state index is 0. The monoisotopic (exact) mass is 468 g/mol. The van der Waals surface area contributed by atoms with E-state index in [0.29, 0.717) is 6.54 Å². The number of nitrogens with one attached hydrogen (secondary N) is 2. The van der Waals surface area contributed by atoms with Gasteiger partial charge in [-0.25, -0.2) is 0 Å². The largest absolute Gasteiger partial charge is 0.496 e. The van der Waals surface area contributed by atoms with Gasteiger partial charge in [-0.2, -0.15) is 0 Å². The van der Waals surface area contributed by atoms with Gasteiger partial charge in [0.25, 0.3) is 0 Å². The quantitative estimate of drug-likeness (QED) is 0.270. The molecule has 0 saturated carbocycles. The summed E-state index contributed by atoms with van der Waals surface area (Å²) in [6.07, 6.45) is 1.03. The van der Waals surface area contributed by atoms with Crippen LogP contribution >= 0.6 is 24.0 Å². The van der Waals surface area contributed by atoms with Gasteiger partial charge in [-0.3, -0.25) is 4.99 Å². The summed E-state index contributed by atoms with van der Waals surface area (Å²) in [7, 11) is 5.59. The van der Waals surface area contributed by atoms with Crippen molar-refractivity contribution in [3.8, 4) is 5.75 Å². The highest BCUT2D eigenvalue weighted by molar-refractivity contribution is 14.0. The Bertz CT molecular complexity index is 664. The van der Waals surface area contributed by atoms with Gasteiger partial charge < -0.3 is 20.3 Å². The van der Waals surface area contributed by atoms with Gasteiger partial charge in [0, 0.05) is 45.0 Å². The molecule has 0 aromatic heterocycles. The molecule has 0 aliphatic carbocycles. The summed E-state index contributed by atoms with van der Waals surface area (Å²) in [4.78, 5) is 6.53. The molecule has 0 bridgehead atoms. The first kappa shape index (κ1) is 22.1. The maximum absolute atomic E-state index is 5.37. The molecule has 0 atom stereocenters. The van der Waals surface area contributed by atoms with Crippen LogP contribution in [-0.4, -0.2) is 40.3 Å². The molecule has 0 aliphatic heterocycles. The van der Waals surface area contributed by atoms with E-state index in [4.69, 9.17) is 4.74 Å². The van der Waals surface area contributed by atoms with Crippen molar-refractivity contribution >= 4 is 35.6 Å². The molecule has 0 radical (unpaired) electrons. The van der Waals surface area contributed by atoms with Gasteiger partial charge in [-0.15, -0.1) is 24.0 Å². The Labute approximate surface area is 173 Å². The van der Waals surface area contributed by atoms with Crippen molar-refractivity contribution in [3.63, 3.8) is 0 Å². The van der Waals surface area contributed by atoms with Crippen LogP contribution in [0.15, 0.2) is 59.6 Å². The maximum atomic E-state index is 5.37. The minimum atomic E-state index is 0. The molecule has 0 saturated heterocycles. The van der Waals surface area contributed by atoms with E-state index in [-0.39, 0.29) is 24.0 Å². The van der Waals surface area contributed by atoms with Crippen molar-refractivity contribution in [1.29, 1.82) is 0 Å². The Morgan fingerprint density at radius 1 is 1.04 bits per heavy atom. The first-order valence-electron chi connectivity index (χ1n) is 8.57. The second kappa shape index (κ2) is 12.4. The predicted molar refractivity (Wildman–Crippen MR) is 121 cm³/mol. The van der Waals surface area contributed by atoms with Crippen LogP contribution in [-0.2, 0) is 6.54 Å². The number of hydrogen-bond acceptors (Lipinski definition) is 3. The zero-order valence-electron chi connectivity index (χ0n) is 15.7. The number of halogens is 1. The first-order chi connectivity index (χ1) is 12.2. The van der Waals surface area contributed by atoms with E-state index in [1.165, 1.54) is 5.69 Å². The Morgan fingerprint density at radius 3 is 2.42 bits per heavy atom. The van der Waals surface area contributed by atoms with Gasteiger partial charge in [0.2, 0.25) is 0 Å². The Morgan fingerprint density at radius 2 is 1.73 bits per heavy atom. The molecule has 0 amide bonds. The van der Waals surface area contributed by atoms with E-state index in [1.807, 2.05) is 30.3 Å². The van der Waals surface area contributed by atoms with Crippen LogP contribution in [0.3, 0.4) is 0 Å². The van der Waals surface area contributed by atoms with Gasteiger partial charge >= 0.3 is 0 Å². The van der Waals surface area contributed by atoms with Crippen LogP contribution in [0.4, 0.5) is 5.69 Å². The maximum Gasteiger partial charge on any atom is 0.191 e. The predicted octanol–water partition coefficient (Wildman–Crippen LogP) is 3.50. The zero-order chi connectivity index (χ0) is 17.9. The van der Waals surface area contributed by atoms with E-state index >= 15 is 0 Å². The van der Waals surface area contributed by atoms with Gasteiger partial charge in [0.15, 0.2) is 5.96 Å². The number of para-hydroxylation sites is 2. The molecule has 2 N–H and O–H groups in total. The number of anilines is 1. The average molecular weight is 468 g/mol. The lowest BCUT2D eigenvalue weighted by molar-refractivity contribution is 0.409. The molecule has 2 rings (SSSR count). The summed E-state index contributed by atoms with van der Waals surface area (Å²) in [6.45, 7) is 2.52. The SMILES string of the molecule is CN=C(NCCCN(C)c1ccccc1)NCc1ccccc1OC.I. The molecule has 142 valence electrons. The van der Waals surface area contributed by atoms with Gasteiger partial charge in [-0.1, -0.05) is 36.4 Å². The van der Waals surface area contributed by atoms with Crippen molar-refractivity contribution in [1.82, 2.24) is 10.6 Å². The van der Waals surface area contributed by atoms with Gasteiger partial charge in [0.05, 0.1) is 7.11 Å². The molecule has 6 heteroatoms. The van der Waals surface area contributed by atoms with Crippen LogP contribution < -0.4 is 20.3 Å². The van der Waals surface area contributed by atoms with E-state index in [0.717, 1.165) is 36.8 Å². The van der Waals surface area contributed by atoms with Gasteiger partial charge in [-0.05, 0) is 24.6 Å². The summed E-state index contributed by atoms with van der Waals surface area (Å²) in [5, 5.41) is 6.68. The summed E-state index contributed by atoms with van der Waals surface area (Å²) in [5.74, 6) is 1.68. The number of hydrogen-bond donors (Lipinski definition) is 2. The number of aliphatic imine (C=N–C) groups is 1. The molecule has 0 unspecified atom stereocenters. The normalized spacial score (nSPS) is 10.7. The molecule has 2 aromatic carbocycles. The fourth-order valence-corrected chi connectivity index (χ4v) is 2.58. The number of rotatable bonds is 8. The number of benzene rings is 2. The molecule has 0 spiro atoms. The fourth-order valence-electron chi connectivity index (χ4n) is 2.58. The lowest BCUT2D eigenvalue weighted by Crippen LogP contribution is -2.38. The molecule has 0 heterocycles. The number of nitrogens with zero attached hydrogens (tertiary/aromatic N) is 2.